The van der Waals surface area contributed by atoms with Gasteiger partial charge < -0.3 is 10.5 Å². The van der Waals surface area contributed by atoms with E-state index in [1.54, 1.807) is 7.11 Å². The molecule has 90 valence electrons. The Balaban J connectivity index is 2.50. The van der Waals surface area contributed by atoms with E-state index in [2.05, 4.69) is 31.0 Å². The van der Waals surface area contributed by atoms with E-state index in [1.807, 2.05) is 12.1 Å². The highest BCUT2D eigenvalue weighted by Gasteiger charge is 2.06. The van der Waals surface area contributed by atoms with Crippen molar-refractivity contribution in [2.75, 3.05) is 12.8 Å². The molecule has 0 spiro atoms. The molecule has 0 radical (unpaired) electrons. The van der Waals surface area contributed by atoms with Gasteiger partial charge in [-0.05, 0) is 24.5 Å². The van der Waals surface area contributed by atoms with Crippen molar-refractivity contribution >= 4 is 16.6 Å². The van der Waals surface area contributed by atoms with Gasteiger partial charge in [0.2, 0.25) is 0 Å². The molecule has 3 heteroatoms. The summed E-state index contributed by atoms with van der Waals surface area (Å²) in [7, 11) is 1.64. The minimum absolute atomic E-state index is 0.597. The molecule has 0 unspecified atom stereocenters. The third-order valence-corrected chi connectivity index (χ3v) is 2.71. The quantitative estimate of drug-likeness (QED) is 0.824. The minimum atomic E-state index is 0.597. The zero-order chi connectivity index (χ0) is 12.4. The third-order valence-electron chi connectivity index (χ3n) is 2.71. The molecule has 1 heterocycles. The van der Waals surface area contributed by atoms with Crippen molar-refractivity contribution in [3.8, 4) is 5.75 Å². The summed E-state index contributed by atoms with van der Waals surface area (Å²) in [6, 6.07) is 7.88. The van der Waals surface area contributed by atoms with Gasteiger partial charge in [-0.3, -0.25) is 4.98 Å². The summed E-state index contributed by atoms with van der Waals surface area (Å²) in [5.74, 6) is 1.37. The van der Waals surface area contributed by atoms with Crippen LogP contribution in [0, 0.1) is 5.92 Å². The largest absolute Gasteiger partial charge is 0.497 e. The van der Waals surface area contributed by atoms with Gasteiger partial charge in [0.15, 0.2) is 0 Å². The predicted molar refractivity (Wildman–Crippen MR) is 71.2 cm³/mol. The lowest BCUT2D eigenvalue weighted by molar-refractivity contribution is 0.415. The van der Waals surface area contributed by atoms with E-state index < -0.39 is 0 Å². The first-order valence-corrected chi connectivity index (χ1v) is 5.83. The Morgan fingerprint density at radius 2 is 2.06 bits per heavy atom. The molecule has 0 aliphatic rings. The van der Waals surface area contributed by atoms with Gasteiger partial charge in [-0.15, -0.1) is 0 Å². The molecule has 3 nitrogen and oxygen atoms in total. The summed E-state index contributed by atoms with van der Waals surface area (Å²) < 4.78 is 5.19. The molecule has 0 saturated heterocycles. The number of rotatable bonds is 3. The van der Waals surface area contributed by atoms with Gasteiger partial charge in [-0.1, -0.05) is 19.9 Å². The van der Waals surface area contributed by atoms with Crippen molar-refractivity contribution in [3.63, 3.8) is 0 Å². The van der Waals surface area contributed by atoms with Crippen LogP contribution in [-0.2, 0) is 6.42 Å². The Morgan fingerprint density at radius 3 is 2.71 bits per heavy atom. The average molecular weight is 230 g/mol. The summed E-state index contributed by atoms with van der Waals surface area (Å²) in [6.07, 6.45) is 0.974. The number of aromatic nitrogens is 1. The number of hydrogen-bond acceptors (Lipinski definition) is 3. The second-order valence-corrected chi connectivity index (χ2v) is 4.69. The maximum absolute atomic E-state index is 5.99. The minimum Gasteiger partial charge on any atom is -0.497 e. The first-order chi connectivity index (χ1) is 8.10. The van der Waals surface area contributed by atoms with Gasteiger partial charge in [0.05, 0.1) is 18.3 Å². The lowest BCUT2D eigenvalue weighted by atomic mass is 10.1. The molecule has 0 atom stereocenters. The first kappa shape index (κ1) is 11.7. The van der Waals surface area contributed by atoms with E-state index in [-0.39, 0.29) is 0 Å². The molecular weight excluding hydrogens is 212 g/mol. The standard InChI is InChI=1S/C14H18N2O/c1-9(2)6-11-5-4-10-7-12(17-3)8-13(15)14(10)16-11/h4-5,7-9H,6,15H2,1-3H3. The Morgan fingerprint density at radius 1 is 1.29 bits per heavy atom. The Bertz CT molecular complexity index is 535. The lowest BCUT2D eigenvalue weighted by Gasteiger charge is -2.09. The van der Waals surface area contributed by atoms with Crippen LogP contribution in [-0.4, -0.2) is 12.1 Å². The normalized spacial score (nSPS) is 11.1. The number of ether oxygens (including phenoxy) is 1. The van der Waals surface area contributed by atoms with Crippen molar-refractivity contribution in [2.24, 2.45) is 5.92 Å². The highest BCUT2D eigenvalue weighted by atomic mass is 16.5. The smallest absolute Gasteiger partial charge is 0.121 e. The topological polar surface area (TPSA) is 48.1 Å². The fourth-order valence-electron chi connectivity index (χ4n) is 1.92. The van der Waals surface area contributed by atoms with E-state index in [1.165, 1.54) is 0 Å². The van der Waals surface area contributed by atoms with Crippen LogP contribution < -0.4 is 10.5 Å². The highest BCUT2D eigenvalue weighted by molar-refractivity contribution is 5.90. The first-order valence-electron chi connectivity index (χ1n) is 5.83. The SMILES string of the molecule is COc1cc(N)c2nc(CC(C)C)ccc2c1. The summed E-state index contributed by atoms with van der Waals surface area (Å²) in [5, 5.41) is 1.02. The van der Waals surface area contributed by atoms with E-state index in [4.69, 9.17) is 10.5 Å². The molecule has 1 aromatic heterocycles. The van der Waals surface area contributed by atoms with Crippen LogP contribution in [0.5, 0.6) is 5.75 Å². The number of anilines is 1. The fraction of sp³-hybridized carbons (Fsp3) is 0.357. The Hall–Kier alpha value is -1.77. The van der Waals surface area contributed by atoms with Crippen LogP contribution in [0.4, 0.5) is 5.69 Å². The van der Waals surface area contributed by atoms with Crippen LogP contribution in [0.25, 0.3) is 10.9 Å². The molecule has 2 rings (SSSR count). The second-order valence-electron chi connectivity index (χ2n) is 4.69. The maximum atomic E-state index is 5.99. The van der Waals surface area contributed by atoms with Crippen molar-refractivity contribution in [1.82, 2.24) is 4.98 Å². The van der Waals surface area contributed by atoms with Crippen LogP contribution in [0.1, 0.15) is 19.5 Å². The van der Waals surface area contributed by atoms with E-state index >= 15 is 0 Å². The molecule has 0 amide bonds. The maximum Gasteiger partial charge on any atom is 0.121 e. The molecule has 0 fully saturated rings. The lowest BCUT2D eigenvalue weighted by Crippen LogP contribution is -1.99. The molecule has 0 bridgehead atoms. The number of benzene rings is 1. The zero-order valence-electron chi connectivity index (χ0n) is 10.5. The molecule has 1 aromatic carbocycles. The van der Waals surface area contributed by atoms with Crippen LogP contribution >= 0.6 is 0 Å². The number of nitrogens with zero attached hydrogens (tertiary/aromatic N) is 1. The van der Waals surface area contributed by atoms with Crippen molar-refractivity contribution < 1.29 is 4.74 Å². The average Bonchev–Trinajstić information content (AvgIpc) is 2.29. The van der Waals surface area contributed by atoms with E-state index in [0.717, 1.165) is 28.8 Å². The summed E-state index contributed by atoms with van der Waals surface area (Å²) >= 11 is 0. The van der Waals surface area contributed by atoms with Crippen LogP contribution in [0.3, 0.4) is 0 Å². The number of nitrogens with two attached hydrogens (primary N) is 1. The number of fused-ring (bicyclic) bond motifs is 1. The van der Waals surface area contributed by atoms with Gasteiger partial charge in [0, 0.05) is 17.1 Å². The number of nitrogen functional groups attached to an aromatic ring is 1. The van der Waals surface area contributed by atoms with Gasteiger partial charge in [0.25, 0.3) is 0 Å². The monoisotopic (exact) mass is 230 g/mol. The Kier molecular flexibility index (Phi) is 3.18. The van der Waals surface area contributed by atoms with Crippen molar-refractivity contribution in [3.05, 3.63) is 30.0 Å². The van der Waals surface area contributed by atoms with E-state index in [9.17, 15) is 0 Å². The fourth-order valence-corrected chi connectivity index (χ4v) is 1.92. The van der Waals surface area contributed by atoms with Gasteiger partial charge in [-0.2, -0.15) is 0 Å². The molecule has 2 aromatic rings. The van der Waals surface area contributed by atoms with Gasteiger partial charge in [-0.25, -0.2) is 0 Å². The molecule has 0 aliphatic heterocycles. The van der Waals surface area contributed by atoms with Gasteiger partial charge in [0.1, 0.15) is 5.75 Å². The van der Waals surface area contributed by atoms with Gasteiger partial charge >= 0.3 is 0 Å². The zero-order valence-corrected chi connectivity index (χ0v) is 10.5. The number of methoxy groups -OCH3 is 1. The molecule has 0 aliphatic carbocycles. The third kappa shape index (κ3) is 2.49. The summed E-state index contributed by atoms with van der Waals surface area (Å²) in [4.78, 5) is 4.61. The second kappa shape index (κ2) is 4.62. The summed E-state index contributed by atoms with van der Waals surface area (Å²) in [6.45, 7) is 4.37. The summed E-state index contributed by atoms with van der Waals surface area (Å²) in [5.41, 5.74) is 8.61. The number of hydrogen-bond donors (Lipinski definition) is 1. The van der Waals surface area contributed by atoms with Crippen molar-refractivity contribution in [2.45, 2.75) is 20.3 Å². The molecule has 0 saturated carbocycles. The van der Waals surface area contributed by atoms with E-state index in [0.29, 0.717) is 11.6 Å². The highest BCUT2D eigenvalue weighted by Crippen LogP contribution is 2.26. The molecule has 2 N–H and O–H groups in total. The van der Waals surface area contributed by atoms with Crippen LogP contribution in [0.2, 0.25) is 0 Å². The van der Waals surface area contributed by atoms with Crippen LogP contribution in [0.15, 0.2) is 24.3 Å². The molecular formula is C14H18N2O. The Labute approximate surface area is 102 Å². The molecule has 17 heavy (non-hydrogen) atoms. The van der Waals surface area contributed by atoms with Crippen molar-refractivity contribution in [1.29, 1.82) is 0 Å². The predicted octanol–water partition coefficient (Wildman–Crippen LogP) is 3.02. The number of pyridine rings is 1.